The standard InChI is InChI=1S/C41H38F2N10O2S/c1-3-31-34(42)16-11-25-5-4-6-32(35(25)31)37-36(43)38-33(17-44-37)40(51-19-27-12-13-28(20-51)46-27)48-41(47-38)52-21-29(22-52)50(2)18-24-7-14-30(15-8-24)56(54,55)53-23-45-39(49-53)26-9-10-26/h1,4-8,11,14-17,23,26-29,46H,9-10,12-13,18-22H2,2H3/t27-,28+. The molecule has 0 unspecified atom stereocenters. The molecule has 0 radical (unpaired) electrons. The summed E-state index contributed by atoms with van der Waals surface area (Å²) in [5.74, 6) is 3.20. The molecule has 56 heavy (non-hydrogen) atoms. The molecule has 1 N–H and O–H groups in total. The van der Waals surface area contributed by atoms with E-state index < -0.39 is 21.7 Å². The molecule has 0 amide bonds. The van der Waals surface area contributed by atoms with E-state index in [4.69, 9.17) is 16.4 Å². The van der Waals surface area contributed by atoms with Crippen LogP contribution in [-0.4, -0.2) is 93.8 Å². The largest absolute Gasteiger partial charge is 0.353 e. The van der Waals surface area contributed by atoms with Gasteiger partial charge in [0.15, 0.2) is 11.6 Å². The zero-order chi connectivity index (χ0) is 38.3. The Morgan fingerprint density at radius 1 is 0.929 bits per heavy atom. The van der Waals surface area contributed by atoms with Gasteiger partial charge in [0.25, 0.3) is 10.0 Å². The Bertz CT molecular complexity index is 2680. The maximum absolute atomic E-state index is 17.0. The quantitative estimate of drug-likeness (QED) is 0.198. The molecular formula is C41H38F2N10O2S. The maximum atomic E-state index is 17.0. The number of piperazine rings is 1. The molecule has 10 rings (SSSR count). The molecule has 6 heterocycles. The lowest BCUT2D eigenvalue weighted by molar-refractivity contribution is 0.196. The van der Waals surface area contributed by atoms with Gasteiger partial charge in [0.2, 0.25) is 5.95 Å². The molecule has 12 nitrogen and oxygen atoms in total. The highest BCUT2D eigenvalue weighted by molar-refractivity contribution is 7.89. The van der Waals surface area contributed by atoms with Crippen LogP contribution < -0.4 is 15.1 Å². The Morgan fingerprint density at radius 3 is 2.43 bits per heavy atom. The number of benzene rings is 3. The molecule has 3 aromatic carbocycles. The van der Waals surface area contributed by atoms with Crippen molar-refractivity contribution < 1.29 is 17.2 Å². The number of hydrogen-bond acceptors (Lipinski definition) is 11. The molecule has 4 aliphatic rings. The molecule has 3 aliphatic heterocycles. The van der Waals surface area contributed by atoms with Crippen LogP contribution in [0.3, 0.4) is 0 Å². The molecule has 2 atom stereocenters. The highest BCUT2D eigenvalue weighted by Crippen LogP contribution is 2.39. The van der Waals surface area contributed by atoms with Gasteiger partial charge in [-0.05, 0) is 61.9 Å². The number of nitrogens with zero attached hydrogens (tertiary/aromatic N) is 9. The van der Waals surface area contributed by atoms with Crippen molar-refractivity contribution in [1.29, 1.82) is 0 Å². The van der Waals surface area contributed by atoms with Gasteiger partial charge in [-0.1, -0.05) is 42.3 Å². The number of terminal acetylenes is 1. The van der Waals surface area contributed by atoms with Crippen molar-refractivity contribution in [2.45, 2.75) is 61.2 Å². The summed E-state index contributed by atoms with van der Waals surface area (Å²) in [4.78, 5) is 25.4. The van der Waals surface area contributed by atoms with Crippen molar-refractivity contribution in [2.24, 2.45) is 0 Å². The van der Waals surface area contributed by atoms with Crippen molar-refractivity contribution in [2.75, 3.05) is 43.0 Å². The lowest BCUT2D eigenvalue weighted by Gasteiger charge is -2.44. The van der Waals surface area contributed by atoms with E-state index in [1.165, 1.54) is 12.4 Å². The predicted octanol–water partition coefficient (Wildman–Crippen LogP) is 5.07. The van der Waals surface area contributed by atoms with Crippen LogP contribution in [0.4, 0.5) is 20.5 Å². The number of anilines is 2. The summed E-state index contributed by atoms with van der Waals surface area (Å²) >= 11 is 0. The third kappa shape index (κ3) is 5.94. The third-order valence-electron chi connectivity index (χ3n) is 11.7. The number of aromatic nitrogens is 6. The van der Waals surface area contributed by atoms with Crippen molar-refractivity contribution in [1.82, 2.24) is 39.3 Å². The van der Waals surface area contributed by atoms with Crippen LogP contribution in [-0.2, 0) is 16.6 Å². The Balaban J connectivity index is 0.926. The summed E-state index contributed by atoms with van der Waals surface area (Å²) in [6.45, 7) is 3.31. The summed E-state index contributed by atoms with van der Waals surface area (Å²) in [5.41, 5.74) is 1.62. The van der Waals surface area contributed by atoms with Crippen molar-refractivity contribution >= 4 is 43.5 Å². The van der Waals surface area contributed by atoms with Crippen molar-refractivity contribution in [3.05, 3.63) is 95.7 Å². The lowest BCUT2D eigenvalue weighted by atomic mass is 9.96. The van der Waals surface area contributed by atoms with Crippen molar-refractivity contribution in [3.8, 4) is 23.6 Å². The Morgan fingerprint density at radius 2 is 1.70 bits per heavy atom. The molecule has 3 aromatic heterocycles. The molecule has 6 aromatic rings. The summed E-state index contributed by atoms with van der Waals surface area (Å²) in [7, 11) is -1.81. The molecule has 15 heteroatoms. The van der Waals surface area contributed by atoms with E-state index in [0.29, 0.717) is 71.0 Å². The number of rotatable bonds is 9. The van der Waals surface area contributed by atoms with Gasteiger partial charge in [0.1, 0.15) is 29.2 Å². The fraction of sp³-hybridized carbons (Fsp3) is 0.341. The molecule has 1 saturated carbocycles. The van der Waals surface area contributed by atoms with E-state index in [2.05, 4.69) is 36.1 Å². The van der Waals surface area contributed by atoms with Gasteiger partial charge >= 0.3 is 0 Å². The highest BCUT2D eigenvalue weighted by atomic mass is 32.2. The molecular weight excluding hydrogens is 735 g/mol. The van der Waals surface area contributed by atoms with Gasteiger partial charge in [-0.2, -0.15) is 13.4 Å². The average Bonchev–Trinajstić information content (AvgIpc) is 3.80. The zero-order valence-electron chi connectivity index (χ0n) is 30.6. The normalized spacial score (nSPS) is 19.9. The first-order valence-electron chi connectivity index (χ1n) is 18.9. The van der Waals surface area contributed by atoms with Crippen LogP contribution in [0.25, 0.3) is 32.9 Å². The fourth-order valence-corrected chi connectivity index (χ4v) is 9.42. The lowest BCUT2D eigenvalue weighted by Crippen LogP contribution is -2.59. The van der Waals surface area contributed by atoms with E-state index in [0.717, 1.165) is 48.4 Å². The fourth-order valence-electron chi connectivity index (χ4n) is 8.36. The number of nitrogens with one attached hydrogen (secondary N) is 1. The number of pyridine rings is 1. The molecule has 3 saturated heterocycles. The van der Waals surface area contributed by atoms with E-state index in [1.807, 2.05) is 30.1 Å². The van der Waals surface area contributed by atoms with Gasteiger partial charge in [-0.15, -0.1) is 15.6 Å². The molecule has 2 bridgehead atoms. The monoisotopic (exact) mass is 772 g/mol. The number of fused-ring (bicyclic) bond motifs is 4. The van der Waals surface area contributed by atoms with Crippen LogP contribution in [0.2, 0.25) is 0 Å². The summed E-state index contributed by atoms with van der Waals surface area (Å²) < 4.78 is 59.2. The second-order valence-electron chi connectivity index (χ2n) is 15.4. The minimum absolute atomic E-state index is 0.0468. The van der Waals surface area contributed by atoms with Crippen LogP contribution in [0, 0.1) is 24.0 Å². The topological polar surface area (TPSA) is 125 Å². The van der Waals surface area contributed by atoms with E-state index in [9.17, 15) is 12.8 Å². The van der Waals surface area contributed by atoms with E-state index in [1.54, 1.807) is 36.5 Å². The second kappa shape index (κ2) is 13.3. The maximum Gasteiger partial charge on any atom is 0.284 e. The summed E-state index contributed by atoms with van der Waals surface area (Å²) in [5, 5.41) is 9.51. The van der Waals surface area contributed by atoms with Gasteiger partial charge < -0.3 is 15.1 Å². The first-order valence-corrected chi connectivity index (χ1v) is 20.4. The summed E-state index contributed by atoms with van der Waals surface area (Å²) in [6.07, 6.45) is 12.8. The minimum Gasteiger partial charge on any atom is -0.353 e. The highest BCUT2D eigenvalue weighted by Gasteiger charge is 2.37. The molecule has 0 spiro atoms. The number of likely N-dealkylation sites (N-methyl/N-ethyl adjacent to an activating group) is 1. The van der Waals surface area contributed by atoms with Gasteiger partial charge in [0.05, 0.1) is 15.8 Å². The Kier molecular flexibility index (Phi) is 8.28. The average molecular weight is 773 g/mol. The van der Waals surface area contributed by atoms with Gasteiger partial charge in [-0.3, -0.25) is 9.88 Å². The summed E-state index contributed by atoms with van der Waals surface area (Å²) in [6, 6.07) is 15.9. The van der Waals surface area contributed by atoms with Gasteiger partial charge in [0, 0.05) is 73.9 Å². The minimum atomic E-state index is -3.84. The Labute approximate surface area is 322 Å². The third-order valence-corrected chi connectivity index (χ3v) is 13.2. The van der Waals surface area contributed by atoms with Crippen LogP contribution in [0.15, 0.2) is 72.0 Å². The first-order chi connectivity index (χ1) is 27.1. The second-order valence-corrected chi connectivity index (χ2v) is 17.2. The van der Waals surface area contributed by atoms with Crippen LogP contribution >= 0.6 is 0 Å². The predicted molar refractivity (Wildman–Crippen MR) is 209 cm³/mol. The smallest absolute Gasteiger partial charge is 0.284 e. The number of hydrogen-bond donors (Lipinski definition) is 1. The Hall–Kier alpha value is -5.56. The molecule has 4 fully saturated rings. The zero-order valence-corrected chi connectivity index (χ0v) is 31.4. The molecule has 1 aliphatic carbocycles. The van der Waals surface area contributed by atoms with Gasteiger partial charge in [-0.25, -0.2) is 18.7 Å². The van der Waals surface area contributed by atoms with E-state index >= 15 is 4.39 Å². The number of halogens is 2. The molecule has 284 valence electrons. The SMILES string of the molecule is C#Cc1c(F)ccc2cccc(-c3ncc4c(N5C[C@H]6CC[C@@H](C5)N6)nc(N5CC(N(C)Cc6ccc(S(=O)(=O)n7cnc(C8CC8)n7)cc6)C5)nc4c3F)c12. The first kappa shape index (κ1) is 34.9. The van der Waals surface area contributed by atoms with E-state index in [-0.39, 0.29) is 33.6 Å². The van der Waals surface area contributed by atoms with Crippen LogP contribution in [0.1, 0.15) is 48.6 Å². The van der Waals surface area contributed by atoms with Crippen molar-refractivity contribution in [3.63, 3.8) is 0 Å². The van der Waals surface area contributed by atoms with Crippen LogP contribution in [0.5, 0.6) is 0 Å².